The fourth-order valence-electron chi connectivity index (χ4n) is 2.14. The molecule has 5 nitrogen and oxygen atoms in total. The number of carbonyl (C=O) groups is 1. The minimum absolute atomic E-state index is 0.00527. The van der Waals surface area contributed by atoms with Crippen LogP contribution in [0.1, 0.15) is 12.5 Å². The molecule has 0 aliphatic rings. The first-order chi connectivity index (χ1) is 11.8. The molecule has 134 valence electrons. The summed E-state index contributed by atoms with van der Waals surface area (Å²) in [5.74, 6) is -0.164. The molecule has 1 unspecified atom stereocenters. The second kappa shape index (κ2) is 8.36. The van der Waals surface area contributed by atoms with Crippen LogP contribution in [0.4, 0.5) is 0 Å². The summed E-state index contributed by atoms with van der Waals surface area (Å²) in [6.45, 7) is 3.48. The molecule has 2 aromatic rings. The highest BCUT2D eigenvalue weighted by Gasteiger charge is 2.18. The number of carbonyl (C=O) groups excluding carboxylic acids is 1. The smallest absolute Gasteiger partial charge is 0.260 e. The van der Waals surface area contributed by atoms with Crippen molar-refractivity contribution in [1.82, 2.24) is 5.32 Å². The average molecular weight is 382 g/mol. The number of nitrogens with one attached hydrogen (secondary N) is 1. The van der Waals surface area contributed by atoms with Gasteiger partial charge in [-0.2, -0.15) is 0 Å². The maximum absolute atomic E-state index is 12.2. The summed E-state index contributed by atoms with van der Waals surface area (Å²) >= 11 is 6.04. The Bertz CT molecular complexity index is 837. The molecule has 1 N–H and O–H groups in total. The Hall–Kier alpha value is -2.05. The van der Waals surface area contributed by atoms with Crippen LogP contribution < -0.4 is 10.1 Å². The van der Waals surface area contributed by atoms with Crippen LogP contribution in [0, 0.1) is 6.92 Å². The van der Waals surface area contributed by atoms with Crippen molar-refractivity contribution in [3.05, 3.63) is 59.1 Å². The molecule has 25 heavy (non-hydrogen) atoms. The third-order valence-corrected chi connectivity index (χ3v) is 5.58. The summed E-state index contributed by atoms with van der Waals surface area (Å²) in [5, 5.41) is 2.99. The van der Waals surface area contributed by atoms with E-state index in [0.29, 0.717) is 10.8 Å². The van der Waals surface area contributed by atoms with E-state index < -0.39 is 21.8 Å². The maximum Gasteiger partial charge on any atom is 0.260 e. The largest absolute Gasteiger partial charge is 0.479 e. The summed E-state index contributed by atoms with van der Waals surface area (Å²) < 4.78 is 29.9. The van der Waals surface area contributed by atoms with E-state index in [1.807, 2.05) is 13.0 Å². The number of rotatable bonds is 7. The molecule has 0 heterocycles. The number of sulfone groups is 1. The van der Waals surface area contributed by atoms with Crippen molar-refractivity contribution in [2.45, 2.75) is 24.8 Å². The molecule has 7 heteroatoms. The van der Waals surface area contributed by atoms with Crippen molar-refractivity contribution in [2.75, 3.05) is 12.3 Å². The van der Waals surface area contributed by atoms with E-state index in [-0.39, 0.29) is 17.2 Å². The molecular weight excluding hydrogens is 362 g/mol. The number of hydrogen-bond acceptors (Lipinski definition) is 4. The van der Waals surface area contributed by atoms with E-state index in [2.05, 4.69) is 5.32 Å². The molecule has 1 amide bonds. The molecule has 0 radical (unpaired) electrons. The first-order valence-corrected chi connectivity index (χ1v) is 9.81. The molecule has 0 aliphatic carbocycles. The van der Waals surface area contributed by atoms with Crippen LogP contribution >= 0.6 is 11.6 Å². The molecule has 2 rings (SSSR count). The SMILES string of the molecule is Cc1ccc(Cl)c(OC(C)C(=O)NCCS(=O)(=O)c2ccccc2)c1. The van der Waals surface area contributed by atoms with Gasteiger partial charge in [-0.25, -0.2) is 8.42 Å². The molecule has 0 aromatic heterocycles. The molecule has 0 aliphatic heterocycles. The van der Waals surface area contributed by atoms with Gasteiger partial charge in [0.05, 0.1) is 15.7 Å². The van der Waals surface area contributed by atoms with Crippen molar-refractivity contribution in [1.29, 1.82) is 0 Å². The van der Waals surface area contributed by atoms with Gasteiger partial charge >= 0.3 is 0 Å². The van der Waals surface area contributed by atoms with Crippen molar-refractivity contribution in [3.63, 3.8) is 0 Å². The Morgan fingerprint density at radius 3 is 2.56 bits per heavy atom. The van der Waals surface area contributed by atoms with Crippen LogP contribution in [0.2, 0.25) is 5.02 Å². The quantitative estimate of drug-likeness (QED) is 0.800. The van der Waals surface area contributed by atoms with Crippen molar-refractivity contribution >= 4 is 27.3 Å². The minimum atomic E-state index is -3.43. The van der Waals surface area contributed by atoms with E-state index in [9.17, 15) is 13.2 Å². The van der Waals surface area contributed by atoms with E-state index in [1.54, 1.807) is 37.3 Å². The highest BCUT2D eigenvalue weighted by Crippen LogP contribution is 2.26. The Labute approximate surface area is 152 Å². The monoisotopic (exact) mass is 381 g/mol. The van der Waals surface area contributed by atoms with E-state index in [4.69, 9.17) is 16.3 Å². The molecule has 0 spiro atoms. The highest BCUT2D eigenvalue weighted by molar-refractivity contribution is 7.91. The van der Waals surface area contributed by atoms with Crippen LogP contribution in [0.15, 0.2) is 53.4 Å². The second-order valence-corrected chi connectivity index (χ2v) is 8.13. The van der Waals surface area contributed by atoms with Gasteiger partial charge in [-0.1, -0.05) is 35.9 Å². The molecular formula is C18H20ClNO4S. The molecule has 0 bridgehead atoms. The number of aryl methyl sites for hydroxylation is 1. The lowest BCUT2D eigenvalue weighted by Gasteiger charge is -2.16. The normalized spacial score (nSPS) is 12.4. The lowest BCUT2D eigenvalue weighted by Crippen LogP contribution is -2.38. The highest BCUT2D eigenvalue weighted by atomic mass is 35.5. The Kier molecular flexibility index (Phi) is 6.45. The molecule has 1 atom stereocenters. The summed E-state index contributed by atoms with van der Waals surface area (Å²) in [6, 6.07) is 13.4. The summed E-state index contributed by atoms with van der Waals surface area (Å²) in [7, 11) is -3.43. The number of amides is 1. The van der Waals surface area contributed by atoms with Gasteiger partial charge in [0.1, 0.15) is 5.75 Å². The van der Waals surface area contributed by atoms with Crippen LogP contribution in [-0.2, 0) is 14.6 Å². The van der Waals surface area contributed by atoms with Crippen molar-refractivity contribution < 1.29 is 17.9 Å². The number of hydrogen-bond donors (Lipinski definition) is 1. The van der Waals surface area contributed by atoms with Gasteiger partial charge in [0, 0.05) is 6.54 Å². The Balaban J connectivity index is 1.88. The molecule has 2 aromatic carbocycles. The van der Waals surface area contributed by atoms with Crippen LogP contribution in [0.25, 0.3) is 0 Å². The lowest BCUT2D eigenvalue weighted by atomic mass is 10.2. The van der Waals surface area contributed by atoms with Crippen LogP contribution in [0.5, 0.6) is 5.75 Å². The van der Waals surface area contributed by atoms with E-state index in [1.165, 1.54) is 12.1 Å². The van der Waals surface area contributed by atoms with E-state index in [0.717, 1.165) is 5.56 Å². The predicted octanol–water partition coefficient (Wildman–Crippen LogP) is 3.01. The zero-order valence-electron chi connectivity index (χ0n) is 14.0. The fraction of sp³-hybridized carbons (Fsp3) is 0.278. The number of halogens is 1. The van der Waals surface area contributed by atoms with Gasteiger partial charge in [-0.15, -0.1) is 0 Å². The van der Waals surface area contributed by atoms with Crippen molar-refractivity contribution in [3.8, 4) is 5.75 Å². The number of ether oxygens (including phenoxy) is 1. The van der Waals surface area contributed by atoms with E-state index >= 15 is 0 Å². The fourth-order valence-corrected chi connectivity index (χ4v) is 3.48. The van der Waals surface area contributed by atoms with Gasteiger partial charge in [0.2, 0.25) is 0 Å². The zero-order chi connectivity index (χ0) is 18.4. The van der Waals surface area contributed by atoms with Crippen LogP contribution in [0.3, 0.4) is 0 Å². The first kappa shape index (κ1) is 19.3. The Morgan fingerprint density at radius 2 is 1.88 bits per heavy atom. The topological polar surface area (TPSA) is 72.5 Å². The minimum Gasteiger partial charge on any atom is -0.479 e. The van der Waals surface area contributed by atoms with Gasteiger partial charge in [0.15, 0.2) is 15.9 Å². The third kappa shape index (κ3) is 5.47. The van der Waals surface area contributed by atoms with Crippen molar-refractivity contribution in [2.24, 2.45) is 0 Å². The van der Waals surface area contributed by atoms with Crippen LogP contribution in [-0.4, -0.2) is 32.7 Å². The first-order valence-electron chi connectivity index (χ1n) is 7.78. The Morgan fingerprint density at radius 1 is 1.20 bits per heavy atom. The predicted molar refractivity (Wildman–Crippen MR) is 97.8 cm³/mol. The van der Waals surface area contributed by atoms with Gasteiger partial charge in [-0.3, -0.25) is 4.79 Å². The lowest BCUT2D eigenvalue weighted by molar-refractivity contribution is -0.127. The summed E-state index contributed by atoms with van der Waals surface area (Å²) in [5.41, 5.74) is 0.959. The maximum atomic E-state index is 12.2. The second-order valence-electron chi connectivity index (χ2n) is 5.62. The zero-order valence-corrected chi connectivity index (χ0v) is 15.6. The molecule has 0 fully saturated rings. The molecule has 0 saturated heterocycles. The standard InChI is InChI=1S/C18H20ClNO4S/c1-13-8-9-16(19)17(12-13)24-14(2)18(21)20-10-11-25(22,23)15-6-4-3-5-7-15/h3-9,12,14H,10-11H2,1-2H3,(H,20,21). The molecule has 0 saturated carbocycles. The average Bonchev–Trinajstić information content (AvgIpc) is 2.58. The summed E-state index contributed by atoms with van der Waals surface area (Å²) in [6.07, 6.45) is -0.793. The van der Waals surface area contributed by atoms with Gasteiger partial charge in [0.25, 0.3) is 5.91 Å². The van der Waals surface area contributed by atoms with Gasteiger partial charge < -0.3 is 10.1 Å². The van der Waals surface area contributed by atoms with Gasteiger partial charge in [-0.05, 0) is 43.7 Å². The third-order valence-electron chi connectivity index (χ3n) is 3.53. The summed E-state index contributed by atoms with van der Waals surface area (Å²) in [4.78, 5) is 12.3. The number of benzene rings is 2.